The van der Waals surface area contributed by atoms with Crippen LogP contribution in [0.2, 0.25) is 5.02 Å². The number of alkyl halides is 3. The van der Waals surface area contributed by atoms with Crippen molar-refractivity contribution in [1.82, 2.24) is 19.7 Å². The van der Waals surface area contributed by atoms with Crippen molar-refractivity contribution in [3.63, 3.8) is 0 Å². The van der Waals surface area contributed by atoms with Crippen LogP contribution in [0.1, 0.15) is 30.1 Å². The average molecular weight is 346 g/mol. The molecule has 1 aliphatic rings. The summed E-state index contributed by atoms with van der Waals surface area (Å²) in [5, 5.41) is 8.01. The second-order valence-electron chi connectivity index (χ2n) is 5.61. The van der Waals surface area contributed by atoms with Gasteiger partial charge in [0.25, 0.3) is 0 Å². The Labute approximate surface area is 136 Å². The van der Waals surface area contributed by atoms with Crippen LogP contribution in [-0.4, -0.2) is 32.8 Å². The van der Waals surface area contributed by atoms with Gasteiger partial charge in [0, 0.05) is 32.3 Å². The minimum atomic E-state index is -4.45. The van der Waals surface area contributed by atoms with Crippen LogP contribution in [0.5, 0.6) is 0 Å². The molecule has 1 unspecified atom stereocenters. The first-order valence-electron chi connectivity index (χ1n) is 7.18. The first-order chi connectivity index (χ1) is 10.9. The molecule has 0 saturated carbocycles. The van der Waals surface area contributed by atoms with Crippen LogP contribution in [0, 0.1) is 0 Å². The SMILES string of the molecule is Cn1cnnc1C1CCCN(c2ncc(C(F)(F)F)cc2Cl)C1. The fourth-order valence-electron chi connectivity index (χ4n) is 2.86. The summed E-state index contributed by atoms with van der Waals surface area (Å²) in [4.78, 5) is 5.85. The highest BCUT2D eigenvalue weighted by molar-refractivity contribution is 6.33. The van der Waals surface area contributed by atoms with Crippen molar-refractivity contribution in [2.75, 3.05) is 18.0 Å². The fourth-order valence-corrected chi connectivity index (χ4v) is 3.15. The molecule has 0 spiro atoms. The zero-order valence-corrected chi connectivity index (χ0v) is 13.1. The molecule has 23 heavy (non-hydrogen) atoms. The van der Waals surface area contributed by atoms with Gasteiger partial charge in [-0.2, -0.15) is 13.2 Å². The number of anilines is 1. The second-order valence-corrected chi connectivity index (χ2v) is 6.02. The Kier molecular flexibility index (Phi) is 4.18. The number of hydrogen-bond acceptors (Lipinski definition) is 4. The normalized spacial score (nSPS) is 19.2. The molecule has 0 amide bonds. The molecule has 124 valence electrons. The van der Waals surface area contributed by atoms with Gasteiger partial charge in [-0.1, -0.05) is 11.6 Å². The number of aromatic nitrogens is 4. The first kappa shape index (κ1) is 16.0. The van der Waals surface area contributed by atoms with Gasteiger partial charge < -0.3 is 9.47 Å². The van der Waals surface area contributed by atoms with E-state index in [1.165, 1.54) is 0 Å². The molecule has 5 nitrogen and oxygen atoms in total. The van der Waals surface area contributed by atoms with Crippen molar-refractivity contribution in [3.8, 4) is 0 Å². The third-order valence-electron chi connectivity index (χ3n) is 3.98. The van der Waals surface area contributed by atoms with E-state index < -0.39 is 11.7 Å². The summed E-state index contributed by atoms with van der Waals surface area (Å²) in [6, 6.07) is 0.926. The van der Waals surface area contributed by atoms with Gasteiger partial charge in [-0.05, 0) is 18.9 Å². The van der Waals surface area contributed by atoms with Crippen LogP contribution in [-0.2, 0) is 13.2 Å². The van der Waals surface area contributed by atoms with Crippen LogP contribution in [0.15, 0.2) is 18.6 Å². The highest BCUT2D eigenvalue weighted by Gasteiger charge is 2.33. The van der Waals surface area contributed by atoms with Gasteiger partial charge in [0.15, 0.2) is 0 Å². The van der Waals surface area contributed by atoms with Gasteiger partial charge in [0.05, 0.1) is 10.6 Å². The Morgan fingerprint density at radius 2 is 2.13 bits per heavy atom. The predicted octanol–water partition coefficient (Wildman–Crippen LogP) is 3.27. The first-order valence-corrected chi connectivity index (χ1v) is 7.55. The second kappa shape index (κ2) is 5.99. The standard InChI is InChI=1S/C14H15ClF3N5/c1-22-8-20-21-12(22)9-3-2-4-23(7-9)13-11(15)5-10(6-19-13)14(16,17)18/h5-6,8-9H,2-4,7H2,1H3. The molecule has 2 aromatic heterocycles. The Hall–Kier alpha value is -1.83. The number of rotatable bonds is 2. The topological polar surface area (TPSA) is 46.8 Å². The Balaban J connectivity index is 1.83. The van der Waals surface area contributed by atoms with Crippen molar-refractivity contribution in [1.29, 1.82) is 0 Å². The van der Waals surface area contributed by atoms with Gasteiger partial charge >= 0.3 is 6.18 Å². The summed E-state index contributed by atoms with van der Waals surface area (Å²) in [7, 11) is 1.87. The Morgan fingerprint density at radius 3 is 2.74 bits per heavy atom. The Bertz CT molecular complexity index is 700. The lowest BCUT2D eigenvalue weighted by molar-refractivity contribution is -0.137. The number of aryl methyl sites for hydroxylation is 1. The quantitative estimate of drug-likeness (QED) is 0.838. The van der Waals surface area contributed by atoms with Gasteiger partial charge in [-0.15, -0.1) is 10.2 Å². The lowest BCUT2D eigenvalue weighted by Crippen LogP contribution is -2.36. The predicted molar refractivity (Wildman–Crippen MR) is 79.4 cm³/mol. The third-order valence-corrected chi connectivity index (χ3v) is 4.26. The molecule has 0 aromatic carbocycles. The van der Waals surface area contributed by atoms with E-state index in [9.17, 15) is 13.2 Å². The van der Waals surface area contributed by atoms with E-state index in [-0.39, 0.29) is 10.9 Å². The van der Waals surface area contributed by atoms with Crippen molar-refractivity contribution in [3.05, 3.63) is 35.0 Å². The number of nitrogens with zero attached hydrogens (tertiary/aromatic N) is 5. The van der Waals surface area contributed by atoms with Crippen LogP contribution < -0.4 is 4.90 Å². The van der Waals surface area contributed by atoms with Gasteiger partial charge in [0.1, 0.15) is 18.0 Å². The Morgan fingerprint density at radius 1 is 1.35 bits per heavy atom. The van der Waals surface area contributed by atoms with E-state index in [0.29, 0.717) is 18.9 Å². The number of pyridine rings is 1. The average Bonchev–Trinajstić information content (AvgIpc) is 2.92. The van der Waals surface area contributed by atoms with E-state index in [1.807, 2.05) is 16.5 Å². The van der Waals surface area contributed by atoms with Crippen molar-refractivity contribution < 1.29 is 13.2 Å². The highest BCUT2D eigenvalue weighted by Crippen LogP contribution is 2.35. The van der Waals surface area contributed by atoms with Gasteiger partial charge in [-0.3, -0.25) is 0 Å². The smallest absolute Gasteiger partial charge is 0.355 e. The summed E-state index contributed by atoms with van der Waals surface area (Å²) in [6.45, 7) is 1.30. The minimum absolute atomic E-state index is 0.0124. The van der Waals surface area contributed by atoms with E-state index >= 15 is 0 Å². The molecule has 3 rings (SSSR count). The third kappa shape index (κ3) is 3.26. The van der Waals surface area contributed by atoms with Crippen LogP contribution >= 0.6 is 11.6 Å². The fraction of sp³-hybridized carbons (Fsp3) is 0.500. The lowest BCUT2D eigenvalue weighted by atomic mass is 9.97. The summed E-state index contributed by atoms with van der Waals surface area (Å²) in [5.74, 6) is 1.39. The summed E-state index contributed by atoms with van der Waals surface area (Å²) >= 11 is 6.04. The minimum Gasteiger partial charge on any atom is -0.355 e. The molecule has 3 heterocycles. The maximum Gasteiger partial charge on any atom is 0.417 e. The summed E-state index contributed by atoms with van der Waals surface area (Å²) in [6.07, 6.45) is -0.152. The summed E-state index contributed by atoms with van der Waals surface area (Å²) < 4.78 is 40.0. The number of halogens is 4. The van der Waals surface area contributed by atoms with Crippen molar-refractivity contribution in [2.24, 2.45) is 7.05 Å². The molecule has 1 fully saturated rings. The van der Waals surface area contributed by atoms with Crippen LogP contribution in [0.25, 0.3) is 0 Å². The molecule has 0 N–H and O–H groups in total. The lowest BCUT2D eigenvalue weighted by Gasteiger charge is -2.33. The number of piperidine rings is 1. The molecule has 0 bridgehead atoms. The maximum atomic E-state index is 12.7. The van der Waals surface area contributed by atoms with Crippen LogP contribution in [0.4, 0.5) is 19.0 Å². The molecule has 0 aliphatic carbocycles. The molecule has 1 aliphatic heterocycles. The zero-order chi connectivity index (χ0) is 16.6. The highest BCUT2D eigenvalue weighted by atomic mass is 35.5. The summed E-state index contributed by atoms with van der Waals surface area (Å²) in [5.41, 5.74) is -0.840. The van der Waals surface area contributed by atoms with Gasteiger partial charge in [0.2, 0.25) is 0 Å². The largest absolute Gasteiger partial charge is 0.417 e. The van der Waals surface area contributed by atoms with Crippen LogP contribution in [0.3, 0.4) is 0 Å². The monoisotopic (exact) mass is 345 g/mol. The van der Waals surface area contributed by atoms with E-state index in [0.717, 1.165) is 30.9 Å². The molecule has 9 heteroatoms. The molecular weight excluding hydrogens is 331 g/mol. The zero-order valence-electron chi connectivity index (χ0n) is 12.4. The molecule has 1 saturated heterocycles. The molecular formula is C14H15ClF3N5. The van der Waals surface area contributed by atoms with Crippen molar-refractivity contribution in [2.45, 2.75) is 24.9 Å². The van der Waals surface area contributed by atoms with E-state index in [1.54, 1.807) is 6.33 Å². The number of hydrogen-bond donors (Lipinski definition) is 0. The van der Waals surface area contributed by atoms with E-state index in [2.05, 4.69) is 15.2 Å². The maximum absolute atomic E-state index is 12.7. The van der Waals surface area contributed by atoms with Gasteiger partial charge in [-0.25, -0.2) is 4.98 Å². The van der Waals surface area contributed by atoms with E-state index in [4.69, 9.17) is 11.6 Å². The molecule has 0 radical (unpaired) electrons. The molecule has 1 atom stereocenters. The molecule has 2 aromatic rings. The van der Waals surface area contributed by atoms with Crippen molar-refractivity contribution >= 4 is 17.4 Å².